The minimum atomic E-state index is -3.89. The molecule has 0 aliphatic rings. The molecule has 186 valence electrons. The van der Waals surface area contributed by atoms with Crippen molar-refractivity contribution in [2.75, 3.05) is 17.1 Å². The first-order chi connectivity index (χ1) is 15.6. The molecule has 0 heterocycles. The Labute approximate surface area is 205 Å². The summed E-state index contributed by atoms with van der Waals surface area (Å²) in [4.78, 5) is 27.5. The Kier molecular flexibility index (Phi) is 8.71. The SMILES string of the molecule is Cc1ccc(Cl)cc1N(CC(=O)N(Cc1ccccc1F)[C@H](C)C(=O)NC(C)(C)C)S(C)(=O)=O. The van der Waals surface area contributed by atoms with Crippen molar-refractivity contribution in [2.24, 2.45) is 0 Å². The summed E-state index contributed by atoms with van der Waals surface area (Å²) in [6.45, 7) is 7.83. The number of anilines is 1. The molecule has 0 aliphatic heterocycles. The average molecular weight is 512 g/mol. The average Bonchev–Trinajstić information content (AvgIpc) is 2.70. The fourth-order valence-corrected chi connectivity index (χ4v) is 4.38. The number of amides is 2. The van der Waals surface area contributed by atoms with Crippen molar-refractivity contribution in [3.63, 3.8) is 0 Å². The van der Waals surface area contributed by atoms with E-state index < -0.39 is 45.8 Å². The molecule has 0 radical (unpaired) electrons. The minimum absolute atomic E-state index is 0.205. The molecule has 2 amide bonds. The van der Waals surface area contributed by atoms with Crippen molar-refractivity contribution >= 4 is 39.1 Å². The second-order valence-corrected chi connectivity index (χ2v) is 11.6. The zero-order valence-electron chi connectivity index (χ0n) is 20.2. The number of nitrogens with one attached hydrogen (secondary N) is 1. The highest BCUT2D eigenvalue weighted by Gasteiger charge is 2.32. The van der Waals surface area contributed by atoms with Crippen LogP contribution in [0.25, 0.3) is 0 Å². The third-order valence-electron chi connectivity index (χ3n) is 5.08. The standard InChI is InChI=1S/C24H31ClFN3O4S/c1-16-11-12-19(25)13-21(16)29(34(6,32)33)15-22(30)28(14-18-9-7-8-10-20(18)26)17(2)23(31)27-24(3,4)5/h7-13,17H,14-15H2,1-6H3,(H,27,31)/t17-/m1/s1. The first kappa shape index (κ1) is 27.6. The summed E-state index contributed by atoms with van der Waals surface area (Å²) in [5, 5.41) is 3.12. The Hall–Kier alpha value is -2.65. The van der Waals surface area contributed by atoms with Crippen molar-refractivity contribution in [1.82, 2.24) is 10.2 Å². The maximum Gasteiger partial charge on any atom is 0.244 e. The third kappa shape index (κ3) is 7.43. The summed E-state index contributed by atoms with van der Waals surface area (Å²) in [6.07, 6.45) is 0.984. The quantitative estimate of drug-likeness (QED) is 0.582. The number of hydrogen-bond donors (Lipinski definition) is 1. The molecule has 0 saturated carbocycles. The van der Waals surface area contributed by atoms with E-state index in [0.29, 0.717) is 10.6 Å². The van der Waals surface area contributed by atoms with Crippen LogP contribution in [-0.2, 0) is 26.2 Å². The molecule has 1 N–H and O–H groups in total. The second-order valence-electron chi connectivity index (χ2n) is 9.23. The van der Waals surface area contributed by atoms with E-state index in [2.05, 4.69) is 5.32 Å². The third-order valence-corrected chi connectivity index (χ3v) is 6.44. The van der Waals surface area contributed by atoms with Gasteiger partial charge in [0.1, 0.15) is 18.4 Å². The molecule has 0 aliphatic carbocycles. The van der Waals surface area contributed by atoms with Crippen LogP contribution in [0.15, 0.2) is 42.5 Å². The highest BCUT2D eigenvalue weighted by molar-refractivity contribution is 7.92. The van der Waals surface area contributed by atoms with Gasteiger partial charge in [-0.1, -0.05) is 35.9 Å². The van der Waals surface area contributed by atoms with Gasteiger partial charge in [-0.15, -0.1) is 0 Å². The summed E-state index contributed by atoms with van der Waals surface area (Å²) in [5.41, 5.74) is 0.494. The van der Waals surface area contributed by atoms with Gasteiger partial charge < -0.3 is 10.2 Å². The molecule has 0 spiro atoms. The largest absolute Gasteiger partial charge is 0.350 e. The van der Waals surface area contributed by atoms with Gasteiger partial charge in [-0.05, 0) is 58.4 Å². The van der Waals surface area contributed by atoms with E-state index in [-0.39, 0.29) is 17.8 Å². The number of rotatable bonds is 8. The van der Waals surface area contributed by atoms with Crippen LogP contribution in [0.2, 0.25) is 5.02 Å². The lowest BCUT2D eigenvalue weighted by atomic mass is 10.1. The molecular formula is C24H31ClFN3O4S. The van der Waals surface area contributed by atoms with Crippen LogP contribution < -0.4 is 9.62 Å². The molecule has 0 saturated heterocycles. The molecule has 2 aromatic carbocycles. The molecule has 0 aromatic heterocycles. The molecule has 1 atom stereocenters. The molecule has 0 bridgehead atoms. The molecule has 2 rings (SSSR count). The Morgan fingerprint density at radius 1 is 1.15 bits per heavy atom. The Morgan fingerprint density at radius 3 is 2.32 bits per heavy atom. The lowest BCUT2D eigenvalue weighted by Crippen LogP contribution is -2.54. The molecule has 7 nitrogen and oxygen atoms in total. The van der Waals surface area contributed by atoms with E-state index in [9.17, 15) is 22.4 Å². The first-order valence-corrected chi connectivity index (χ1v) is 12.9. The van der Waals surface area contributed by atoms with Gasteiger partial charge >= 0.3 is 0 Å². The van der Waals surface area contributed by atoms with Gasteiger partial charge in [0.15, 0.2) is 0 Å². The fraction of sp³-hybridized carbons (Fsp3) is 0.417. The molecule has 10 heteroatoms. The lowest BCUT2D eigenvalue weighted by Gasteiger charge is -2.33. The predicted octanol–water partition coefficient (Wildman–Crippen LogP) is 3.89. The van der Waals surface area contributed by atoms with E-state index in [0.717, 1.165) is 10.6 Å². The molecule has 2 aromatic rings. The summed E-state index contributed by atoms with van der Waals surface area (Å²) < 4.78 is 40.6. The Bertz CT molecular complexity index is 1170. The fourth-order valence-electron chi connectivity index (χ4n) is 3.31. The highest BCUT2D eigenvalue weighted by Crippen LogP contribution is 2.27. The van der Waals surface area contributed by atoms with Gasteiger partial charge in [-0.3, -0.25) is 13.9 Å². The minimum Gasteiger partial charge on any atom is -0.350 e. The topological polar surface area (TPSA) is 86.8 Å². The van der Waals surface area contributed by atoms with Crippen LogP contribution in [0.3, 0.4) is 0 Å². The van der Waals surface area contributed by atoms with Gasteiger partial charge in [0.2, 0.25) is 21.8 Å². The summed E-state index contributed by atoms with van der Waals surface area (Å²) in [6, 6.07) is 9.65. The summed E-state index contributed by atoms with van der Waals surface area (Å²) >= 11 is 6.08. The summed E-state index contributed by atoms with van der Waals surface area (Å²) in [5.74, 6) is -1.64. The van der Waals surface area contributed by atoms with Crippen LogP contribution in [0.5, 0.6) is 0 Å². The monoisotopic (exact) mass is 511 g/mol. The van der Waals surface area contributed by atoms with Crippen LogP contribution >= 0.6 is 11.6 Å². The van der Waals surface area contributed by atoms with E-state index in [1.165, 1.54) is 36.1 Å². The number of hydrogen-bond acceptors (Lipinski definition) is 4. The molecule has 34 heavy (non-hydrogen) atoms. The van der Waals surface area contributed by atoms with Crippen molar-refractivity contribution in [3.05, 3.63) is 64.4 Å². The lowest BCUT2D eigenvalue weighted by molar-refractivity contribution is -0.140. The Balaban J connectivity index is 2.47. The van der Waals surface area contributed by atoms with Crippen LogP contribution in [-0.4, -0.2) is 49.5 Å². The maximum absolute atomic E-state index is 14.4. The summed E-state index contributed by atoms with van der Waals surface area (Å²) in [7, 11) is -3.89. The van der Waals surface area contributed by atoms with Crippen molar-refractivity contribution in [3.8, 4) is 0 Å². The zero-order chi connectivity index (χ0) is 25.8. The second kappa shape index (κ2) is 10.7. The van der Waals surface area contributed by atoms with E-state index >= 15 is 0 Å². The molecule has 0 unspecified atom stereocenters. The number of halogens is 2. The van der Waals surface area contributed by atoms with Gasteiger partial charge in [0.25, 0.3) is 0 Å². The number of nitrogens with zero attached hydrogens (tertiary/aromatic N) is 2. The van der Waals surface area contributed by atoms with Gasteiger partial charge in [0, 0.05) is 22.7 Å². The van der Waals surface area contributed by atoms with Gasteiger partial charge in [-0.25, -0.2) is 12.8 Å². The van der Waals surface area contributed by atoms with Crippen molar-refractivity contribution in [2.45, 2.75) is 52.7 Å². The highest BCUT2D eigenvalue weighted by atomic mass is 35.5. The number of sulfonamides is 1. The number of aryl methyl sites for hydroxylation is 1. The zero-order valence-corrected chi connectivity index (χ0v) is 21.8. The predicted molar refractivity (Wildman–Crippen MR) is 133 cm³/mol. The first-order valence-electron chi connectivity index (χ1n) is 10.7. The molecular weight excluding hydrogens is 481 g/mol. The molecule has 0 fully saturated rings. The smallest absolute Gasteiger partial charge is 0.244 e. The van der Waals surface area contributed by atoms with Crippen LogP contribution in [0.4, 0.5) is 10.1 Å². The van der Waals surface area contributed by atoms with Crippen LogP contribution in [0.1, 0.15) is 38.8 Å². The normalized spacial score (nSPS) is 12.7. The van der Waals surface area contributed by atoms with Gasteiger partial charge in [-0.2, -0.15) is 0 Å². The van der Waals surface area contributed by atoms with E-state index in [1.54, 1.807) is 45.9 Å². The van der Waals surface area contributed by atoms with E-state index in [4.69, 9.17) is 11.6 Å². The van der Waals surface area contributed by atoms with Crippen molar-refractivity contribution < 1.29 is 22.4 Å². The van der Waals surface area contributed by atoms with E-state index in [1.807, 2.05) is 0 Å². The number of carbonyl (C=O) groups excluding carboxylic acids is 2. The van der Waals surface area contributed by atoms with Crippen molar-refractivity contribution in [1.29, 1.82) is 0 Å². The Morgan fingerprint density at radius 2 is 1.76 bits per heavy atom. The number of benzene rings is 2. The number of carbonyl (C=O) groups is 2. The van der Waals surface area contributed by atoms with Crippen LogP contribution in [0, 0.1) is 12.7 Å². The van der Waals surface area contributed by atoms with Gasteiger partial charge in [0.05, 0.1) is 11.9 Å². The maximum atomic E-state index is 14.4.